The van der Waals surface area contributed by atoms with E-state index in [4.69, 9.17) is 14.7 Å². The minimum absolute atomic E-state index is 0.0821. The molecule has 2 rings (SSSR count). The fourth-order valence-electron chi connectivity index (χ4n) is 2.10. The number of nitrogens with one attached hydrogen (secondary N) is 1. The smallest absolute Gasteiger partial charge is 0.161 e. The van der Waals surface area contributed by atoms with Crippen LogP contribution in [0.15, 0.2) is 18.2 Å². The zero-order valence-corrected chi connectivity index (χ0v) is 11.5. The van der Waals surface area contributed by atoms with Crippen LogP contribution >= 0.6 is 0 Å². The van der Waals surface area contributed by atoms with Gasteiger partial charge in [0.05, 0.1) is 19.8 Å². The number of hydrogen-bond acceptors (Lipinski definition) is 4. The second-order valence-corrected chi connectivity index (χ2v) is 5.14. The van der Waals surface area contributed by atoms with Gasteiger partial charge in [-0.1, -0.05) is 6.07 Å². The van der Waals surface area contributed by atoms with E-state index in [1.807, 2.05) is 25.2 Å². The van der Waals surface area contributed by atoms with Gasteiger partial charge in [-0.2, -0.15) is 5.26 Å². The highest BCUT2D eigenvalue weighted by atomic mass is 16.5. The number of benzene rings is 1. The van der Waals surface area contributed by atoms with Gasteiger partial charge in [0.25, 0.3) is 0 Å². The quantitative estimate of drug-likeness (QED) is 0.818. The largest absolute Gasteiger partial charge is 0.493 e. The van der Waals surface area contributed by atoms with Crippen LogP contribution in [0.4, 0.5) is 0 Å². The number of nitriles is 1. The maximum atomic E-state index is 8.82. The summed E-state index contributed by atoms with van der Waals surface area (Å²) in [6, 6.07) is 8.18. The van der Waals surface area contributed by atoms with Gasteiger partial charge in [-0.25, -0.2) is 0 Å². The van der Waals surface area contributed by atoms with Crippen molar-refractivity contribution in [2.24, 2.45) is 5.41 Å². The van der Waals surface area contributed by atoms with E-state index >= 15 is 0 Å². The van der Waals surface area contributed by atoms with Crippen molar-refractivity contribution in [3.05, 3.63) is 23.8 Å². The minimum Gasteiger partial charge on any atom is -0.493 e. The molecule has 1 fully saturated rings. The van der Waals surface area contributed by atoms with E-state index in [1.165, 1.54) is 0 Å². The lowest BCUT2D eigenvalue weighted by molar-refractivity contribution is 0.227. The molecule has 19 heavy (non-hydrogen) atoms. The lowest BCUT2D eigenvalue weighted by Gasteiger charge is -2.16. The number of ether oxygens (including phenoxy) is 2. The zero-order valence-electron chi connectivity index (χ0n) is 11.5. The summed E-state index contributed by atoms with van der Waals surface area (Å²) in [4.78, 5) is 0. The predicted molar refractivity (Wildman–Crippen MR) is 73.1 cm³/mol. The molecule has 1 saturated carbocycles. The summed E-state index contributed by atoms with van der Waals surface area (Å²) < 4.78 is 11.2. The van der Waals surface area contributed by atoms with Crippen LogP contribution in [-0.2, 0) is 6.54 Å². The van der Waals surface area contributed by atoms with Crippen molar-refractivity contribution in [2.45, 2.75) is 25.8 Å². The number of methoxy groups -OCH3 is 1. The molecule has 0 aliphatic heterocycles. The highest BCUT2D eigenvalue weighted by Gasteiger charge is 2.43. The molecule has 102 valence electrons. The monoisotopic (exact) mass is 260 g/mol. The second-order valence-electron chi connectivity index (χ2n) is 5.14. The van der Waals surface area contributed by atoms with Crippen molar-refractivity contribution in [1.29, 1.82) is 5.26 Å². The molecule has 1 aromatic carbocycles. The lowest BCUT2D eigenvalue weighted by Crippen LogP contribution is -2.13. The van der Waals surface area contributed by atoms with Gasteiger partial charge in [0, 0.05) is 18.4 Å². The molecule has 0 heterocycles. The molecule has 1 aliphatic rings. The molecule has 0 aromatic heterocycles. The average molecular weight is 260 g/mol. The van der Waals surface area contributed by atoms with Crippen LogP contribution in [0.2, 0.25) is 0 Å². The van der Waals surface area contributed by atoms with Crippen molar-refractivity contribution in [1.82, 2.24) is 5.32 Å². The first kappa shape index (κ1) is 13.7. The van der Waals surface area contributed by atoms with Crippen LogP contribution < -0.4 is 14.8 Å². The first-order chi connectivity index (χ1) is 9.23. The van der Waals surface area contributed by atoms with Gasteiger partial charge < -0.3 is 14.8 Å². The van der Waals surface area contributed by atoms with E-state index in [9.17, 15) is 0 Å². The summed E-state index contributed by atoms with van der Waals surface area (Å²) in [5, 5.41) is 11.9. The molecule has 4 nitrogen and oxygen atoms in total. The zero-order chi connectivity index (χ0) is 13.7. The van der Waals surface area contributed by atoms with Gasteiger partial charge in [-0.15, -0.1) is 0 Å². The Hall–Kier alpha value is -1.73. The third kappa shape index (κ3) is 3.39. The van der Waals surface area contributed by atoms with Crippen LogP contribution in [0.25, 0.3) is 0 Å². The van der Waals surface area contributed by atoms with E-state index in [2.05, 4.69) is 11.4 Å². The van der Waals surface area contributed by atoms with Crippen LogP contribution in [0.3, 0.4) is 0 Å². The molecule has 0 saturated heterocycles. The van der Waals surface area contributed by atoms with Crippen LogP contribution in [-0.4, -0.2) is 20.8 Å². The van der Waals surface area contributed by atoms with Gasteiger partial charge in [-0.3, -0.25) is 0 Å². The van der Waals surface area contributed by atoms with Gasteiger partial charge in [0.15, 0.2) is 11.5 Å². The average Bonchev–Trinajstić information content (AvgIpc) is 3.18. The fraction of sp³-hybridized carbons (Fsp3) is 0.533. The van der Waals surface area contributed by atoms with Gasteiger partial charge in [-0.05, 0) is 37.6 Å². The second kappa shape index (κ2) is 5.94. The molecule has 0 unspecified atom stereocenters. The van der Waals surface area contributed by atoms with Crippen molar-refractivity contribution < 1.29 is 9.47 Å². The predicted octanol–water partition coefficient (Wildman–Crippen LogP) is 2.49. The Labute approximate surface area is 114 Å². The Balaban J connectivity index is 2.05. The first-order valence-electron chi connectivity index (χ1n) is 6.54. The first-order valence-corrected chi connectivity index (χ1v) is 6.54. The van der Waals surface area contributed by atoms with Crippen LogP contribution in [0.5, 0.6) is 11.5 Å². The van der Waals surface area contributed by atoms with Crippen LogP contribution in [0.1, 0.15) is 24.8 Å². The number of hydrogen-bond donors (Lipinski definition) is 1. The number of rotatable bonds is 7. The van der Waals surface area contributed by atoms with Crippen molar-refractivity contribution in [3.8, 4) is 17.6 Å². The fourth-order valence-corrected chi connectivity index (χ4v) is 2.10. The summed E-state index contributed by atoms with van der Waals surface area (Å²) in [7, 11) is 3.55. The van der Waals surface area contributed by atoms with Gasteiger partial charge >= 0.3 is 0 Å². The Morgan fingerprint density at radius 2 is 2.16 bits per heavy atom. The molecule has 1 aliphatic carbocycles. The van der Waals surface area contributed by atoms with E-state index in [-0.39, 0.29) is 5.41 Å². The molecule has 0 spiro atoms. The van der Waals surface area contributed by atoms with Crippen molar-refractivity contribution >= 4 is 0 Å². The topological polar surface area (TPSA) is 54.3 Å². The summed E-state index contributed by atoms with van der Waals surface area (Å²) >= 11 is 0. The third-order valence-electron chi connectivity index (χ3n) is 3.55. The minimum atomic E-state index is 0.0821. The summed E-state index contributed by atoms with van der Waals surface area (Å²) in [5.41, 5.74) is 1.24. The molecule has 0 radical (unpaired) electrons. The summed E-state index contributed by atoms with van der Waals surface area (Å²) in [5.74, 6) is 1.51. The molecule has 1 N–H and O–H groups in total. The van der Waals surface area contributed by atoms with Gasteiger partial charge in [0.1, 0.15) is 0 Å². The van der Waals surface area contributed by atoms with Crippen molar-refractivity contribution in [2.75, 3.05) is 20.8 Å². The van der Waals surface area contributed by atoms with Crippen LogP contribution in [0, 0.1) is 16.7 Å². The molecule has 4 heteroatoms. The Bertz CT molecular complexity index is 476. The molecule has 1 aromatic rings. The summed E-state index contributed by atoms with van der Waals surface area (Å²) in [6.07, 6.45) is 2.74. The highest BCUT2D eigenvalue weighted by Crippen LogP contribution is 2.49. The van der Waals surface area contributed by atoms with E-state index in [1.54, 1.807) is 7.11 Å². The van der Waals surface area contributed by atoms with Gasteiger partial charge in [0.2, 0.25) is 0 Å². The molecular weight excluding hydrogens is 240 g/mol. The Morgan fingerprint density at radius 1 is 1.37 bits per heavy atom. The normalized spacial score (nSPS) is 15.6. The Morgan fingerprint density at radius 3 is 2.74 bits per heavy atom. The third-order valence-corrected chi connectivity index (χ3v) is 3.55. The molecular formula is C15H20N2O2. The highest BCUT2D eigenvalue weighted by molar-refractivity contribution is 5.43. The maximum absolute atomic E-state index is 8.82. The summed E-state index contributed by atoms with van der Waals surface area (Å²) in [6.45, 7) is 1.39. The molecule has 0 bridgehead atoms. The maximum Gasteiger partial charge on any atom is 0.161 e. The standard InChI is InChI=1S/C15H20N2O2/c1-17-10-12-3-4-13(18-2)14(9-12)19-11-15(5-6-15)7-8-16/h3-4,9,17H,5-7,10-11H2,1-2H3. The lowest BCUT2D eigenvalue weighted by atomic mass is 10.1. The SMILES string of the molecule is CNCc1ccc(OC)c(OCC2(CC#N)CC2)c1. The van der Waals surface area contributed by atoms with E-state index in [0.29, 0.717) is 13.0 Å². The Kier molecular flexibility index (Phi) is 4.28. The number of nitrogens with zero attached hydrogens (tertiary/aromatic N) is 1. The van der Waals surface area contributed by atoms with E-state index in [0.717, 1.165) is 36.4 Å². The van der Waals surface area contributed by atoms with Crippen molar-refractivity contribution in [3.63, 3.8) is 0 Å². The van der Waals surface area contributed by atoms with E-state index < -0.39 is 0 Å². The molecule has 0 amide bonds. The molecule has 0 atom stereocenters.